The van der Waals surface area contributed by atoms with Crippen molar-refractivity contribution in [3.05, 3.63) is 33.8 Å². The van der Waals surface area contributed by atoms with Crippen molar-refractivity contribution in [1.82, 2.24) is 5.32 Å². The molecule has 0 unspecified atom stereocenters. The van der Waals surface area contributed by atoms with E-state index in [0.29, 0.717) is 11.1 Å². The Hall–Kier alpha value is -1.01. The molecule has 1 aromatic rings. The first-order chi connectivity index (χ1) is 7.87. The number of halogens is 3. The average Bonchev–Trinajstić information content (AvgIpc) is 2.30. The highest BCUT2D eigenvalue weighted by Crippen LogP contribution is 2.19. The first kappa shape index (κ1) is 14.1. The predicted molar refractivity (Wildman–Crippen MR) is 63.2 cm³/mol. The van der Waals surface area contributed by atoms with E-state index in [0.717, 1.165) is 4.47 Å². The molecule has 6 heteroatoms. The molecular weight excluding hydrogens is 296 g/mol. The van der Waals surface area contributed by atoms with Crippen LogP contribution in [-0.4, -0.2) is 30.1 Å². The molecule has 0 aliphatic rings. The van der Waals surface area contributed by atoms with Crippen molar-refractivity contribution in [1.29, 1.82) is 0 Å². The van der Waals surface area contributed by atoms with Crippen LogP contribution in [0.4, 0.5) is 8.78 Å². The van der Waals surface area contributed by atoms with Crippen LogP contribution in [0.25, 0.3) is 0 Å². The van der Waals surface area contributed by atoms with Crippen LogP contribution >= 0.6 is 15.9 Å². The summed E-state index contributed by atoms with van der Waals surface area (Å²) >= 11 is 3.25. The molecule has 0 heterocycles. The highest BCUT2D eigenvalue weighted by Gasteiger charge is 2.28. The van der Waals surface area contributed by atoms with Crippen LogP contribution in [0.1, 0.15) is 15.9 Å². The zero-order valence-electron chi connectivity index (χ0n) is 9.14. The number of hydrogen-bond acceptors (Lipinski definition) is 2. The number of hydrogen-bond donors (Lipinski definition) is 2. The van der Waals surface area contributed by atoms with Crippen molar-refractivity contribution in [2.24, 2.45) is 0 Å². The fraction of sp³-hybridized carbons (Fsp3) is 0.364. The lowest BCUT2D eigenvalue weighted by atomic mass is 10.1. The number of alkyl halides is 2. The lowest BCUT2D eigenvalue weighted by Gasteiger charge is -2.14. The summed E-state index contributed by atoms with van der Waals surface area (Å²) in [6.07, 6.45) is 0. The number of amides is 1. The van der Waals surface area contributed by atoms with Crippen molar-refractivity contribution in [3.8, 4) is 0 Å². The molecule has 0 saturated carbocycles. The zero-order chi connectivity index (χ0) is 13.1. The highest BCUT2D eigenvalue weighted by atomic mass is 79.9. The van der Waals surface area contributed by atoms with Gasteiger partial charge in [-0.05, 0) is 24.6 Å². The van der Waals surface area contributed by atoms with Crippen LogP contribution in [0, 0.1) is 6.92 Å². The van der Waals surface area contributed by atoms with Gasteiger partial charge in [-0.1, -0.05) is 22.0 Å². The number of rotatable bonds is 4. The molecule has 0 aliphatic heterocycles. The fourth-order valence-corrected chi connectivity index (χ4v) is 1.58. The Morgan fingerprint density at radius 2 is 2.18 bits per heavy atom. The van der Waals surface area contributed by atoms with Crippen LogP contribution in [0.15, 0.2) is 22.7 Å². The predicted octanol–water partition coefficient (Wildman–Crippen LogP) is 2.11. The quantitative estimate of drug-likeness (QED) is 0.895. The van der Waals surface area contributed by atoms with Crippen LogP contribution in [-0.2, 0) is 0 Å². The summed E-state index contributed by atoms with van der Waals surface area (Å²) in [5.74, 6) is -3.88. The molecule has 3 nitrogen and oxygen atoms in total. The SMILES string of the molecule is Cc1c(Br)cccc1C(=O)NCC(F)(F)CO. The van der Waals surface area contributed by atoms with Crippen molar-refractivity contribution in [2.45, 2.75) is 12.8 Å². The summed E-state index contributed by atoms with van der Waals surface area (Å²) in [6.45, 7) is -0.456. The van der Waals surface area contributed by atoms with Crippen molar-refractivity contribution < 1.29 is 18.7 Å². The third kappa shape index (κ3) is 3.74. The van der Waals surface area contributed by atoms with Gasteiger partial charge < -0.3 is 10.4 Å². The first-order valence-corrected chi connectivity index (χ1v) is 5.68. The second-order valence-corrected chi connectivity index (χ2v) is 4.46. The van der Waals surface area contributed by atoms with E-state index < -0.39 is 25.0 Å². The van der Waals surface area contributed by atoms with E-state index in [1.165, 1.54) is 0 Å². The molecule has 1 rings (SSSR count). The molecule has 17 heavy (non-hydrogen) atoms. The summed E-state index contributed by atoms with van der Waals surface area (Å²) < 4.78 is 26.2. The summed E-state index contributed by atoms with van der Waals surface area (Å²) in [5.41, 5.74) is 1.01. The van der Waals surface area contributed by atoms with Gasteiger partial charge in [0.2, 0.25) is 0 Å². The van der Waals surface area contributed by atoms with Gasteiger partial charge in [-0.2, -0.15) is 0 Å². The summed E-state index contributed by atoms with van der Waals surface area (Å²) in [7, 11) is 0. The second-order valence-electron chi connectivity index (χ2n) is 3.61. The minimum absolute atomic E-state index is 0.327. The molecule has 2 N–H and O–H groups in total. The molecule has 0 saturated heterocycles. The summed E-state index contributed by atoms with van der Waals surface area (Å²) in [6, 6.07) is 4.96. The number of nitrogens with one attached hydrogen (secondary N) is 1. The number of carbonyl (C=O) groups is 1. The van der Waals surface area contributed by atoms with Crippen molar-refractivity contribution >= 4 is 21.8 Å². The normalized spacial score (nSPS) is 11.4. The molecule has 0 atom stereocenters. The minimum Gasteiger partial charge on any atom is -0.390 e. The molecule has 1 aromatic carbocycles. The monoisotopic (exact) mass is 307 g/mol. The van der Waals surface area contributed by atoms with E-state index in [4.69, 9.17) is 5.11 Å². The van der Waals surface area contributed by atoms with E-state index in [2.05, 4.69) is 21.2 Å². The lowest BCUT2D eigenvalue weighted by molar-refractivity contribution is -0.0462. The summed E-state index contributed by atoms with van der Waals surface area (Å²) in [5, 5.41) is 10.5. The molecule has 1 amide bonds. The zero-order valence-corrected chi connectivity index (χ0v) is 10.7. The number of carbonyl (C=O) groups excluding carboxylic acids is 1. The van der Waals surface area contributed by atoms with Crippen LogP contribution < -0.4 is 5.32 Å². The number of aliphatic hydroxyl groups is 1. The van der Waals surface area contributed by atoms with Gasteiger partial charge in [0.05, 0.1) is 6.54 Å². The number of benzene rings is 1. The molecule has 0 aromatic heterocycles. The Kier molecular flexibility index (Phi) is 4.59. The van der Waals surface area contributed by atoms with Gasteiger partial charge in [0.1, 0.15) is 6.61 Å². The Balaban J connectivity index is 2.74. The van der Waals surface area contributed by atoms with Gasteiger partial charge in [-0.15, -0.1) is 0 Å². The summed E-state index contributed by atoms with van der Waals surface area (Å²) in [4.78, 5) is 11.6. The van der Waals surface area contributed by atoms with Crippen LogP contribution in [0.3, 0.4) is 0 Å². The van der Waals surface area contributed by atoms with Crippen LogP contribution in [0.2, 0.25) is 0 Å². The van der Waals surface area contributed by atoms with Crippen molar-refractivity contribution in [3.63, 3.8) is 0 Å². The molecule has 0 aliphatic carbocycles. The maximum Gasteiger partial charge on any atom is 0.287 e. The number of aliphatic hydroxyl groups excluding tert-OH is 1. The van der Waals surface area contributed by atoms with E-state index >= 15 is 0 Å². The van der Waals surface area contributed by atoms with Gasteiger partial charge in [0.25, 0.3) is 11.8 Å². The topological polar surface area (TPSA) is 49.3 Å². The average molecular weight is 308 g/mol. The van der Waals surface area contributed by atoms with Gasteiger partial charge >= 0.3 is 0 Å². The maximum absolute atomic E-state index is 12.7. The molecule has 0 radical (unpaired) electrons. The third-order valence-corrected chi connectivity index (χ3v) is 3.11. The van der Waals surface area contributed by atoms with Gasteiger partial charge in [-0.3, -0.25) is 4.79 Å². The minimum atomic E-state index is -3.30. The van der Waals surface area contributed by atoms with Crippen molar-refractivity contribution in [2.75, 3.05) is 13.2 Å². The standard InChI is InChI=1S/C11H12BrF2NO2/c1-7-8(3-2-4-9(7)12)10(17)15-5-11(13,14)6-16/h2-4,16H,5-6H2,1H3,(H,15,17). The fourth-order valence-electron chi connectivity index (χ4n) is 1.21. The molecule has 0 bridgehead atoms. The smallest absolute Gasteiger partial charge is 0.287 e. The second kappa shape index (κ2) is 5.55. The largest absolute Gasteiger partial charge is 0.390 e. The lowest BCUT2D eigenvalue weighted by Crippen LogP contribution is -2.39. The maximum atomic E-state index is 12.7. The Morgan fingerprint density at radius 1 is 1.53 bits per heavy atom. The molecular formula is C11H12BrF2NO2. The first-order valence-electron chi connectivity index (χ1n) is 4.89. The highest BCUT2D eigenvalue weighted by molar-refractivity contribution is 9.10. The van der Waals surface area contributed by atoms with E-state index in [1.54, 1.807) is 25.1 Å². The molecule has 0 spiro atoms. The van der Waals surface area contributed by atoms with Gasteiger partial charge in [-0.25, -0.2) is 8.78 Å². The Labute approximate surface area is 106 Å². The Bertz CT molecular complexity index is 424. The third-order valence-electron chi connectivity index (χ3n) is 2.25. The van der Waals surface area contributed by atoms with E-state index in [1.807, 2.05) is 0 Å². The Morgan fingerprint density at radius 3 is 2.76 bits per heavy atom. The van der Waals surface area contributed by atoms with Crippen LogP contribution in [0.5, 0.6) is 0 Å². The van der Waals surface area contributed by atoms with Gasteiger partial charge in [0.15, 0.2) is 0 Å². The van der Waals surface area contributed by atoms with E-state index in [-0.39, 0.29) is 0 Å². The van der Waals surface area contributed by atoms with E-state index in [9.17, 15) is 13.6 Å². The molecule has 94 valence electrons. The van der Waals surface area contributed by atoms with Gasteiger partial charge in [0, 0.05) is 10.0 Å². The molecule has 0 fully saturated rings.